The molecule has 0 amide bonds. The Bertz CT molecular complexity index is 431. The standard InChI is InChI=1S/C7H6N2O2S/c1-9-6-4-2-3-5-7(6)12(8,10)11/h2-5H,(H2,8,10,11). The molecule has 0 bridgehead atoms. The summed E-state index contributed by atoms with van der Waals surface area (Å²) in [6.45, 7) is 6.67. The molecule has 1 aromatic rings. The van der Waals surface area contributed by atoms with E-state index in [1.807, 2.05) is 0 Å². The number of benzene rings is 1. The number of sulfonamides is 1. The highest BCUT2D eigenvalue weighted by Crippen LogP contribution is 2.21. The fourth-order valence-corrected chi connectivity index (χ4v) is 1.46. The van der Waals surface area contributed by atoms with Gasteiger partial charge in [0, 0.05) is 0 Å². The lowest BCUT2D eigenvalue weighted by molar-refractivity contribution is 0.598. The topological polar surface area (TPSA) is 64.5 Å². The quantitative estimate of drug-likeness (QED) is 0.655. The van der Waals surface area contributed by atoms with Gasteiger partial charge >= 0.3 is 0 Å². The van der Waals surface area contributed by atoms with E-state index < -0.39 is 10.0 Å². The lowest BCUT2D eigenvalue weighted by atomic mass is 10.3. The maximum atomic E-state index is 10.8. The average Bonchev–Trinajstić information content (AvgIpc) is 2.03. The number of primary sulfonamides is 1. The molecule has 0 radical (unpaired) electrons. The summed E-state index contributed by atoms with van der Waals surface area (Å²) in [6.07, 6.45) is 0. The Morgan fingerprint density at radius 2 is 1.92 bits per heavy atom. The summed E-state index contributed by atoms with van der Waals surface area (Å²) in [5.74, 6) is 0. The predicted molar refractivity (Wildman–Crippen MR) is 44.1 cm³/mol. The molecule has 5 heteroatoms. The van der Waals surface area contributed by atoms with Crippen molar-refractivity contribution in [1.82, 2.24) is 0 Å². The summed E-state index contributed by atoms with van der Waals surface area (Å²) in [6, 6.07) is 5.83. The maximum Gasteiger partial charge on any atom is 0.228 e. The first-order valence-electron chi connectivity index (χ1n) is 3.05. The first-order valence-corrected chi connectivity index (χ1v) is 4.59. The van der Waals surface area contributed by atoms with Crippen molar-refractivity contribution in [2.45, 2.75) is 4.90 Å². The average molecular weight is 182 g/mol. The van der Waals surface area contributed by atoms with E-state index in [-0.39, 0.29) is 10.6 Å². The van der Waals surface area contributed by atoms with Gasteiger partial charge in [0.25, 0.3) is 0 Å². The summed E-state index contributed by atoms with van der Waals surface area (Å²) < 4.78 is 21.7. The van der Waals surface area contributed by atoms with Gasteiger partial charge in [-0.25, -0.2) is 18.4 Å². The van der Waals surface area contributed by atoms with Crippen LogP contribution in [0.3, 0.4) is 0 Å². The van der Waals surface area contributed by atoms with Gasteiger partial charge in [-0.05, 0) is 0 Å². The third-order valence-corrected chi connectivity index (χ3v) is 2.25. The van der Waals surface area contributed by atoms with Crippen LogP contribution in [-0.2, 0) is 10.0 Å². The van der Waals surface area contributed by atoms with Gasteiger partial charge in [0.1, 0.15) is 0 Å². The van der Waals surface area contributed by atoms with E-state index in [0.717, 1.165) is 0 Å². The molecule has 0 saturated heterocycles. The van der Waals surface area contributed by atoms with Crippen LogP contribution in [0.25, 0.3) is 4.85 Å². The first-order chi connectivity index (χ1) is 5.55. The van der Waals surface area contributed by atoms with Gasteiger partial charge in [-0.3, -0.25) is 0 Å². The van der Waals surface area contributed by atoms with Crippen molar-refractivity contribution >= 4 is 15.7 Å². The number of para-hydroxylation sites is 1. The second-order valence-electron chi connectivity index (χ2n) is 2.12. The summed E-state index contributed by atoms with van der Waals surface area (Å²) >= 11 is 0. The Morgan fingerprint density at radius 3 is 2.33 bits per heavy atom. The molecular weight excluding hydrogens is 176 g/mol. The molecule has 0 aliphatic rings. The number of nitrogens with zero attached hydrogens (tertiary/aromatic N) is 1. The van der Waals surface area contributed by atoms with Crippen LogP contribution in [0, 0.1) is 6.57 Å². The highest BCUT2D eigenvalue weighted by molar-refractivity contribution is 7.89. The lowest BCUT2D eigenvalue weighted by Crippen LogP contribution is -2.11. The minimum Gasteiger partial charge on any atom is -0.237 e. The van der Waals surface area contributed by atoms with Crippen LogP contribution in [0.2, 0.25) is 0 Å². The highest BCUT2D eigenvalue weighted by Gasteiger charge is 2.11. The van der Waals surface area contributed by atoms with Gasteiger partial charge < -0.3 is 0 Å². The summed E-state index contributed by atoms with van der Waals surface area (Å²) in [7, 11) is -3.76. The van der Waals surface area contributed by atoms with Gasteiger partial charge in [0.2, 0.25) is 15.7 Å². The molecule has 12 heavy (non-hydrogen) atoms. The van der Waals surface area contributed by atoms with Gasteiger partial charge in [0.15, 0.2) is 0 Å². The van der Waals surface area contributed by atoms with E-state index in [2.05, 4.69) is 4.85 Å². The Balaban J connectivity index is 3.47. The molecule has 0 heterocycles. The molecule has 1 rings (SSSR count). The molecular formula is C7H6N2O2S. The zero-order valence-electron chi connectivity index (χ0n) is 6.06. The second kappa shape index (κ2) is 2.93. The molecule has 0 aliphatic carbocycles. The minimum absolute atomic E-state index is 0.0556. The van der Waals surface area contributed by atoms with E-state index in [9.17, 15) is 8.42 Å². The first kappa shape index (κ1) is 8.71. The van der Waals surface area contributed by atoms with Crippen molar-refractivity contribution < 1.29 is 8.42 Å². The van der Waals surface area contributed by atoms with Gasteiger partial charge in [-0.1, -0.05) is 24.3 Å². The van der Waals surface area contributed by atoms with E-state index in [1.54, 1.807) is 6.07 Å². The Kier molecular flexibility index (Phi) is 2.13. The van der Waals surface area contributed by atoms with Crippen molar-refractivity contribution in [3.05, 3.63) is 35.7 Å². The fourth-order valence-electron chi connectivity index (χ4n) is 0.790. The van der Waals surface area contributed by atoms with Gasteiger partial charge in [-0.2, -0.15) is 0 Å². The van der Waals surface area contributed by atoms with E-state index in [1.165, 1.54) is 18.2 Å². The number of nitrogens with two attached hydrogens (primary N) is 1. The van der Waals surface area contributed by atoms with E-state index in [0.29, 0.717) is 0 Å². The number of hydrogen-bond donors (Lipinski definition) is 1. The zero-order valence-corrected chi connectivity index (χ0v) is 6.88. The smallest absolute Gasteiger partial charge is 0.228 e. The van der Waals surface area contributed by atoms with Crippen molar-refractivity contribution in [3.8, 4) is 0 Å². The predicted octanol–water partition coefficient (Wildman–Crippen LogP) is 0.885. The highest BCUT2D eigenvalue weighted by atomic mass is 32.2. The molecule has 0 aliphatic heterocycles. The van der Waals surface area contributed by atoms with Crippen molar-refractivity contribution in [2.75, 3.05) is 0 Å². The fraction of sp³-hybridized carbons (Fsp3) is 0. The van der Waals surface area contributed by atoms with Crippen LogP contribution in [0.15, 0.2) is 29.2 Å². The Morgan fingerprint density at radius 1 is 1.33 bits per heavy atom. The van der Waals surface area contributed by atoms with Crippen LogP contribution in [-0.4, -0.2) is 8.42 Å². The lowest BCUT2D eigenvalue weighted by Gasteiger charge is -1.98. The van der Waals surface area contributed by atoms with Crippen molar-refractivity contribution in [3.63, 3.8) is 0 Å². The normalized spacial score (nSPS) is 10.7. The molecule has 0 atom stereocenters. The van der Waals surface area contributed by atoms with Crippen LogP contribution in [0.1, 0.15) is 0 Å². The van der Waals surface area contributed by atoms with Gasteiger partial charge in [-0.15, -0.1) is 0 Å². The Hall–Kier alpha value is -1.38. The second-order valence-corrected chi connectivity index (χ2v) is 3.65. The van der Waals surface area contributed by atoms with Crippen molar-refractivity contribution in [1.29, 1.82) is 0 Å². The molecule has 0 saturated carbocycles. The third kappa shape index (κ3) is 1.61. The van der Waals surface area contributed by atoms with Crippen LogP contribution in [0.5, 0.6) is 0 Å². The van der Waals surface area contributed by atoms with Crippen LogP contribution < -0.4 is 5.14 Å². The molecule has 4 nitrogen and oxygen atoms in total. The number of rotatable bonds is 1. The molecule has 62 valence electrons. The van der Waals surface area contributed by atoms with Crippen LogP contribution >= 0.6 is 0 Å². The molecule has 0 unspecified atom stereocenters. The van der Waals surface area contributed by atoms with Crippen LogP contribution in [0.4, 0.5) is 5.69 Å². The number of hydrogen-bond acceptors (Lipinski definition) is 2. The zero-order chi connectivity index (χ0) is 9.19. The van der Waals surface area contributed by atoms with Gasteiger partial charge in [0.05, 0.1) is 11.5 Å². The summed E-state index contributed by atoms with van der Waals surface area (Å²) in [4.78, 5) is 2.90. The van der Waals surface area contributed by atoms with Crippen molar-refractivity contribution in [2.24, 2.45) is 5.14 Å². The largest absolute Gasteiger partial charge is 0.237 e. The maximum absolute atomic E-state index is 10.8. The molecule has 1 aromatic carbocycles. The third-order valence-electron chi connectivity index (χ3n) is 1.29. The monoisotopic (exact) mass is 182 g/mol. The summed E-state index contributed by atoms with van der Waals surface area (Å²) in [5, 5.41) is 4.86. The molecule has 0 spiro atoms. The Labute approximate surface area is 70.5 Å². The van der Waals surface area contributed by atoms with E-state index in [4.69, 9.17) is 11.7 Å². The minimum atomic E-state index is -3.76. The molecule has 2 N–H and O–H groups in total. The molecule has 0 fully saturated rings. The SMILES string of the molecule is [C-]#[N+]c1ccccc1S(N)(=O)=O. The summed E-state index contributed by atoms with van der Waals surface area (Å²) in [5.41, 5.74) is 0.0556. The van der Waals surface area contributed by atoms with E-state index >= 15 is 0 Å². The molecule has 0 aromatic heterocycles.